The molecule has 2 heterocycles. The van der Waals surface area contributed by atoms with Gasteiger partial charge >= 0.3 is 6.18 Å². The summed E-state index contributed by atoms with van der Waals surface area (Å²) in [5, 5.41) is 2.22. The summed E-state index contributed by atoms with van der Waals surface area (Å²) in [5.74, 6) is -1.49. The Bertz CT molecular complexity index is 705. The van der Waals surface area contributed by atoms with Crippen molar-refractivity contribution < 1.29 is 27.5 Å². The maximum absolute atomic E-state index is 13.1. The Hall–Kier alpha value is -1.80. The lowest BCUT2D eigenvalue weighted by atomic mass is 10.1. The molecule has 9 heteroatoms. The van der Waals surface area contributed by atoms with Gasteiger partial charge in [0.05, 0.1) is 23.3 Å². The van der Waals surface area contributed by atoms with Crippen molar-refractivity contribution in [1.29, 1.82) is 0 Å². The third-order valence-corrected chi connectivity index (χ3v) is 4.81. The first-order valence-electron chi connectivity index (χ1n) is 8.31. The molecule has 142 valence electrons. The van der Waals surface area contributed by atoms with Crippen molar-refractivity contribution in [2.75, 3.05) is 25.0 Å². The third kappa shape index (κ3) is 4.29. The van der Waals surface area contributed by atoms with Gasteiger partial charge in [0.2, 0.25) is 11.8 Å². The van der Waals surface area contributed by atoms with E-state index in [0.717, 1.165) is 25.0 Å². The molecule has 2 saturated heterocycles. The van der Waals surface area contributed by atoms with Crippen molar-refractivity contribution in [1.82, 2.24) is 4.90 Å². The van der Waals surface area contributed by atoms with Crippen LogP contribution in [0.5, 0.6) is 0 Å². The third-order valence-electron chi connectivity index (χ3n) is 4.58. The number of nitrogens with one attached hydrogen (secondary N) is 1. The van der Waals surface area contributed by atoms with Gasteiger partial charge in [0.1, 0.15) is 0 Å². The van der Waals surface area contributed by atoms with Gasteiger partial charge in [0, 0.05) is 31.1 Å². The molecule has 2 unspecified atom stereocenters. The van der Waals surface area contributed by atoms with Gasteiger partial charge in [-0.15, -0.1) is 0 Å². The van der Waals surface area contributed by atoms with E-state index in [0.29, 0.717) is 13.2 Å². The van der Waals surface area contributed by atoms with E-state index in [4.69, 9.17) is 16.3 Å². The minimum atomic E-state index is -4.65. The normalized spacial score (nSPS) is 23.5. The first-order chi connectivity index (χ1) is 12.2. The largest absolute Gasteiger partial charge is 0.418 e. The van der Waals surface area contributed by atoms with Gasteiger partial charge in [-0.1, -0.05) is 11.6 Å². The van der Waals surface area contributed by atoms with E-state index in [-0.39, 0.29) is 35.7 Å². The lowest BCUT2D eigenvalue weighted by Crippen LogP contribution is -2.34. The Morgan fingerprint density at radius 2 is 2.15 bits per heavy atom. The second kappa shape index (κ2) is 7.44. The molecule has 0 radical (unpaired) electrons. The number of carbonyl (C=O) groups excluding carboxylic acids is 2. The molecule has 0 saturated carbocycles. The van der Waals surface area contributed by atoms with Gasteiger partial charge in [-0.3, -0.25) is 9.59 Å². The second-order valence-corrected chi connectivity index (χ2v) is 6.95. The van der Waals surface area contributed by atoms with E-state index >= 15 is 0 Å². The number of hydrogen-bond acceptors (Lipinski definition) is 3. The Labute approximate surface area is 153 Å². The zero-order valence-electron chi connectivity index (χ0n) is 13.8. The van der Waals surface area contributed by atoms with E-state index < -0.39 is 23.6 Å². The van der Waals surface area contributed by atoms with Crippen LogP contribution in [-0.4, -0.2) is 42.5 Å². The molecule has 1 aromatic rings. The van der Waals surface area contributed by atoms with E-state index in [1.807, 2.05) is 0 Å². The van der Waals surface area contributed by atoms with Crippen molar-refractivity contribution in [3.8, 4) is 0 Å². The molecule has 2 fully saturated rings. The van der Waals surface area contributed by atoms with Crippen LogP contribution in [0.3, 0.4) is 0 Å². The molecule has 5 nitrogen and oxygen atoms in total. The van der Waals surface area contributed by atoms with Crippen LogP contribution in [0.2, 0.25) is 5.02 Å². The monoisotopic (exact) mass is 390 g/mol. The maximum Gasteiger partial charge on any atom is 0.418 e. The second-order valence-electron chi connectivity index (χ2n) is 6.51. The van der Waals surface area contributed by atoms with Crippen molar-refractivity contribution in [2.45, 2.75) is 31.5 Å². The first-order valence-corrected chi connectivity index (χ1v) is 8.69. The predicted octanol–water partition coefficient (Wildman–Crippen LogP) is 3.32. The summed E-state index contributed by atoms with van der Waals surface area (Å²) in [5.41, 5.74) is -1.38. The van der Waals surface area contributed by atoms with Gasteiger partial charge in [-0.25, -0.2) is 0 Å². The molecule has 1 aromatic carbocycles. The Kier molecular flexibility index (Phi) is 5.43. The number of amides is 2. The van der Waals surface area contributed by atoms with Crippen molar-refractivity contribution >= 4 is 29.1 Å². The average Bonchev–Trinajstić information content (AvgIpc) is 3.19. The molecule has 0 aliphatic carbocycles. The molecule has 26 heavy (non-hydrogen) atoms. The molecular formula is C17H18ClF3N2O3. The Balaban J connectivity index is 1.66. The zero-order valence-corrected chi connectivity index (χ0v) is 14.6. The summed E-state index contributed by atoms with van der Waals surface area (Å²) in [7, 11) is 0. The number of hydrogen-bond donors (Lipinski definition) is 1. The van der Waals surface area contributed by atoms with Gasteiger partial charge < -0.3 is 15.0 Å². The fourth-order valence-corrected chi connectivity index (χ4v) is 3.43. The maximum atomic E-state index is 13.1. The Morgan fingerprint density at radius 3 is 2.81 bits per heavy atom. The van der Waals surface area contributed by atoms with Gasteiger partial charge in [0.15, 0.2) is 0 Å². The molecule has 0 aromatic heterocycles. The zero-order chi connectivity index (χ0) is 18.9. The predicted molar refractivity (Wildman–Crippen MR) is 88.7 cm³/mol. The molecule has 2 aliphatic rings. The van der Waals surface area contributed by atoms with Crippen LogP contribution < -0.4 is 5.32 Å². The lowest BCUT2D eigenvalue weighted by molar-refractivity contribution is -0.137. The van der Waals surface area contributed by atoms with E-state index in [9.17, 15) is 22.8 Å². The number of alkyl halides is 3. The minimum Gasteiger partial charge on any atom is -0.376 e. The average molecular weight is 391 g/mol. The number of benzene rings is 1. The lowest BCUT2D eigenvalue weighted by Gasteiger charge is -2.20. The van der Waals surface area contributed by atoms with Crippen molar-refractivity contribution in [2.24, 2.45) is 5.92 Å². The molecule has 0 spiro atoms. The molecule has 2 amide bonds. The number of carbonyl (C=O) groups is 2. The number of nitrogens with zero attached hydrogens (tertiary/aromatic N) is 1. The first kappa shape index (κ1) is 19.0. The van der Waals surface area contributed by atoms with Crippen LogP contribution >= 0.6 is 11.6 Å². The fraction of sp³-hybridized carbons (Fsp3) is 0.529. The molecule has 1 N–H and O–H groups in total. The van der Waals surface area contributed by atoms with Gasteiger partial charge in [-0.05, 0) is 31.0 Å². The molecule has 0 bridgehead atoms. The van der Waals surface area contributed by atoms with Gasteiger partial charge in [0.25, 0.3) is 0 Å². The van der Waals surface area contributed by atoms with E-state index in [2.05, 4.69) is 5.32 Å². The van der Waals surface area contributed by atoms with E-state index in [1.54, 1.807) is 4.90 Å². The summed E-state index contributed by atoms with van der Waals surface area (Å²) >= 11 is 5.63. The number of halogens is 4. The summed E-state index contributed by atoms with van der Waals surface area (Å²) in [6.45, 7) is 1.25. The van der Waals surface area contributed by atoms with Crippen molar-refractivity contribution in [3.63, 3.8) is 0 Å². The standard InChI is InChI=1S/C17H18ClF3N2O3/c18-11-3-4-14(13(7-11)17(19,20)21)22-16(25)10-6-15(24)23(8-10)9-12-2-1-5-26-12/h3-4,7,10,12H,1-2,5-6,8-9H2,(H,22,25). The number of likely N-dealkylation sites (tertiary alicyclic amines) is 1. The summed E-state index contributed by atoms with van der Waals surface area (Å²) in [6.07, 6.45) is -2.90. The highest BCUT2D eigenvalue weighted by molar-refractivity contribution is 6.30. The van der Waals surface area contributed by atoms with Crippen LogP contribution in [0.4, 0.5) is 18.9 Å². The van der Waals surface area contributed by atoms with Crippen LogP contribution in [0.1, 0.15) is 24.8 Å². The summed E-state index contributed by atoms with van der Waals surface area (Å²) < 4.78 is 44.9. The highest BCUT2D eigenvalue weighted by Crippen LogP contribution is 2.37. The van der Waals surface area contributed by atoms with Crippen LogP contribution in [0.25, 0.3) is 0 Å². The SMILES string of the molecule is O=C(Nc1ccc(Cl)cc1C(F)(F)F)C1CC(=O)N(CC2CCCO2)C1. The van der Waals surface area contributed by atoms with Crippen LogP contribution in [-0.2, 0) is 20.5 Å². The highest BCUT2D eigenvalue weighted by atomic mass is 35.5. The molecular weight excluding hydrogens is 373 g/mol. The minimum absolute atomic E-state index is 0.0203. The number of anilines is 1. The number of ether oxygens (including phenoxy) is 1. The van der Waals surface area contributed by atoms with Gasteiger partial charge in [-0.2, -0.15) is 13.2 Å². The van der Waals surface area contributed by atoms with Crippen molar-refractivity contribution in [3.05, 3.63) is 28.8 Å². The quantitative estimate of drug-likeness (QED) is 0.858. The molecule has 2 atom stereocenters. The van der Waals surface area contributed by atoms with Crippen LogP contribution in [0, 0.1) is 5.92 Å². The Morgan fingerprint density at radius 1 is 1.38 bits per heavy atom. The number of rotatable bonds is 4. The van der Waals surface area contributed by atoms with E-state index in [1.165, 1.54) is 6.07 Å². The highest BCUT2D eigenvalue weighted by Gasteiger charge is 2.38. The van der Waals surface area contributed by atoms with Crippen LogP contribution in [0.15, 0.2) is 18.2 Å². The smallest absolute Gasteiger partial charge is 0.376 e. The molecule has 2 aliphatic heterocycles. The summed E-state index contributed by atoms with van der Waals surface area (Å²) in [6, 6.07) is 3.15. The summed E-state index contributed by atoms with van der Waals surface area (Å²) in [4.78, 5) is 26.0. The fourth-order valence-electron chi connectivity index (χ4n) is 3.25. The molecule has 3 rings (SSSR count). The topological polar surface area (TPSA) is 58.6 Å².